The van der Waals surface area contributed by atoms with Crippen LogP contribution in [0.2, 0.25) is 5.02 Å². The summed E-state index contributed by atoms with van der Waals surface area (Å²) in [5, 5.41) is 28.6. The molecule has 0 radical (unpaired) electrons. The molecule has 9 nitrogen and oxygen atoms in total. The molecule has 2 aromatic carbocycles. The van der Waals surface area contributed by atoms with E-state index in [9.17, 15) is 23.8 Å². The van der Waals surface area contributed by atoms with Gasteiger partial charge in [0.15, 0.2) is 34.8 Å². The Balaban J connectivity index is 1.55. The van der Waals surface area contributed by atoms with E-state index in [1.165, 1.54) is 24.0 Å². The molecule has 1 amide bonds. The van der Waals surface area contributed by atoms with Crippen molar-refractivity contribution in [3.63, 3.8) is 0 Å². The number of aliphatic hydroxyl groups is 2. The van der Waals surface area contributed by atoms with Crippen LogP contribution < -0.4 is 10.6 Å². The molecule has 40 heavy (non-hydrogen) atoms. The Morgan fingerprint density at radius 1 is 1.20 bits per heavy atom. The number of amides is 1. The van der Waals surface area contributed by atoms with Crippen LogP contribution in [0, 0.1) is 34.8 Å². The molecule has 0 spiro atoms. The van der Waals surface area contributed by atoms with Gasteiger partial charge in [-0.25, -0.2) is 23.7 Å². The number of aliphatic hydroxyl groups excluding tert-OH is 2. The van der Waals surface area contributed by atoms with Gasteiger partial charge in [-0.05, 0) is 54.2 Å². The van der Waals surface area contributed by atoms with Crippen LogP contribution in [0.25, 0.3) is 11.2 Å². The van der Waals surface area contributed by atoms with Crippen LogP contribution in [0.5, 0.6) is 0 Å². The molecule has 12 heteroatoms. The Morgan fingerprint density at radius 3 is 2.65 bits per heavy atom. The number of benzene rings is 2. The third-order valence-electron chi connectivity index (χ3n) is 7.12. The quantitative estimate of drug-likeness (QED) is 0.253. The van der Waals surface area contributed by atoms with Crippen molar-refractivity contribution in [3.05, 3.63) is 82.4 Å². The average molecular weight is 567 g/mol. The molecule has 0 aliphatic heterocycles. The van der Waals surface area contributed by atoms with Crippen LogP contribution >= 0.6 is 11.6 Å². The number of nitrogens with zero attached hydrogens (tertiary/aromatic N) is 4. The lowest BCUT2D eigenvalue weighted by molar-refractivity contribution is -0.139. The minimum absolute atomic E-state index is 0.00456. The topological polar surface area (TPSA) is 125 Å². The first kappa shape index (κ1) is 27.5. The summed E-state index contributed by atoms with van der Waals surface area (Å²) in [5.74, 6) is 3.17. The molecule has 4 atom stereocenters. The second kappa shape index (κ2) is 10.8. The van der Waals surface area contributed by atoms with Gasteiger partial charge < -0.3 is 20.8 Å². The normalized spacial score (nSPS) is 19.4. The largest absolute Gasteiger partial charge is 0.387 e. The first-order valence-electron chi connectivity index (χ1n) is 12.4. The third kappa shape index (κ3) is 5.09. The predicted octanol–water partition coefficient (Wildman–Crippen LogP) is 3.39. The summed E-state index contributed by atoms with van der Waals surface area (Å²) >= 11 is 6.10. The van der Waals surface area contributed by atoms with Gasteiger partial charge in [-0.15, -0.1) is 0 Å². The van der Waals surface area contributed by atoms with Crippen LogP contribution in [-0.4, -0.2) is 48.8 Å². The van der Waals surface area contributed by atoms with E-state index in [4.69, 9.17) is 11.6 Å². The summed E-state index contributed by atoms with van der Waals surface area (Å²) < 4.78 is 28.3. The standard InChI is InChI=1S/C28H25ClF2N6O3/c1-15-12-28(15,27(40)32-2)23(38)26(39)37-14-34-22-24(33-13-17-4-3-5-18(29)10-17)35-21(36-25(22)37)9-7-16-6-8-19(30)20(31)11-16/h3-6,8,10-11,14-15,23,26,38-39H,12-13H2,1-2H3,(H,32,40)(H,33,35,36)/t15-,23-,26+,28-/m0/s1. The highest BCUT2D eigenvalue weighted by Gasteiger charge is 2.63. The minimum Gasteiger partial charge on any atom is -0.387 e. The Labute approximate surface area is 233 Å². The second-order valence-electron chi connectivity index (χ2n) is 9.67. The van der Waals surface area contributed by atoms with Crippen molar-refractivity contribution in [3.8, 4) is 11.8 Å². The summed E-state index contributed by atoms with van der Waals surface area (Å²) in [5.41, 5.74) is 0.337. The van der Waals surface area contributed by atoms with E-state index >= 15 is 0 Å². The Hall–Kier alpha value is -4.11. The molecule has 2 heterocycles. The van der Waals surface area contributed by atoms with Crippen molar-refractivity contribution < 1.29 is 23.8 Å². The van der Waals surface area contributed by atoms with Crippen molar-refractivity contribution in [1.82, 2.24) is 24.8 Å². The SMILES string of the molecule is CNC(=O)[C@@]1([C@@H](O)[C@@H](O)n2cnc3c(NCc4cccc(Cl)c4)nc(C#Cc4ccc(F)c(F)c4)nc32)C[C@@H]1C. The number of carbonyl (C=O) groups is 1. The lowest BCUT2D eigenvalue weighted by Gasteiger charge is -2.27. The van der Waals surface area contributed by atoms with Crippen LogP contribution in [0.3, 0.4) is 0 Å². The van der Waals surface area contributed by atoms with Crippen LogP contribution in [-0.2, 0) is 11.3 Å². The number of carbonyl (C=O) groups excluding carboxylic acids is 1. The first-order chi connectivity index (χ1) is 19.1. The molecule has 5 rings (SSSR count). The number of anilines is 1. The summed E-state index contributed by atoms with van der Waals surface area (Å²) in [6, 6.07) is 10.5. The van der Waals surface area contributed by atoms with Crippen molar-refractivity contribution in [2.75, 3.05) is 12.4 Å². The highest BCUT2D eigenvalue weighted by Crippen LogP contribution is 2.57. The van der Waals surface area contributed by atoms with Gasteiger partial charge in [-0.2, -0.15) is 0 Å². The molecule has 206 valence electrons. The minimum atomic E-state index is -1.56. The molecule has 4 N–H and O–H groups in total. The predicted molar refractivity (Wildman–Crippen MR) is 144 cm³/mol. The smallest absolute Gasteiger partial charge is 0.229 e. The molecule has 1 fully saturated rings. The number of nitrogens with one attached hydrogen (secondary N) is 2. The number of hydrogen-bond donors (Lipinski definition) is 4. The Kier molecular flexibility index (Phi) is 7.42. The Bertz CT molecular complexity index is 1670. The van der Waals surface area contributed by atoms with Crippen LogP contribution in [0.1, 0.15) is 36.5 Å². The van der Waals surface area contributed by atoms with Gasteiger partial charge in [0.25, 0.3) is 0 Å². The fourth-order valence-corrected chi connectivity index (χ4v) is 5.00. The maximum Gasteiger partial charge on any atom is 0.229 e. The first-order valence-corrected chi connectivity index (χ1v) is 12.8. The van der Waals surface area contributed by atoms with E-state index < -0.39 is 29.4 Å². The number of fused-ring (bicyclic) bond motifs is 1. The fraction of sp³-hybridized carbons (Fsp3) is 0.286. The van der Waals surface area contributed by atoms with Crippen molar-refractivity contribution in [1.29, 1.82) is 0 Å². The van der Waals surface area contributed by atoms with E-state index in [-0.39, 0.29) is 40.2 Å². The van der Waals surface area contributed by atoms with E-state index in [2.05, 4.69) is 37.4 Å². The van der Waals surface area contributed by atoms with Gasteiger partial charge in [0.05, 0.1) is 11.7 Å². The Morgan fingerprint density at radius 2 is 1.98 bits per heavy atom. The summed E-state index contributed by atoms with van der Waals surface area (Å²) in [6.45, 7) is 2.14. The number of halogens is 3. The van der Waals surface area contributed by atoms with Crippen molar-refractivity contribution in [2.45, 2.75) is 32.2 Å². The highest BCUT2D eigenvalue weighted by atomic mass is 35.5. The van der Waals surface area contributed by atoms with Gasteiger partial charge >= 0.3 is 0 Å². The molecule has 1 aliphatic carbocycles. The maximum atomic E-state index is 13.7. The number of hydrogen-bond acceptors (Lipinski definition) is 7. The average Bonchev–Trinajstić information content (AvgIpc) is 3.45. The zero-order chi connectivity index (χ0) is 28.6. The molecule has 0 unspecified atom stereocenters. The van der Waals surface area contributed by atoms with E-state index in [1.807, 2.05) is 13.0 Å². The van der Waals surface area contributed by atoms with E-state index in [1.54, 1.807) is 18.2 Å². The summed E-state index contributed by atoms with van der Waals surface area (Å²) in [7, 11) is 1.48. The van der Waals surface area contributed by atoms with Gasteiger partial charge in [0.2, 0.25) is 11.7 Å². The van der Waals surface area contributed by atoms with E-state index in [0.29, 0.717) is 18.0 Å². The van der Waals surface area contributed by atoms with Gasteiger partial charge in [-0.3, -0.25) is 9.36 Å². The molecule has 0 bridgehead atoms. The lowest BCUT2D eigenvalue weighted by Crippen LogP contribution is -2.43. The fourth-order valence-electron chi connectivity index (χ4n) is 4.79. The molecule has 2 aromatic heterocycles. The molecule has 1 saturated carbocycles. The zero-order valence-corrected chi connectivity index (χ0v) is 22.2. The number of imidazole rings is 1. The van der Waals surface area contributed by atoms with Crippen molar-refractivity contribution in [2.24, 2.45) is 11.3 Å². The second-order valence-corrected chi connectivity index (χ2v) is 10.1. The molecular weight excluding hydrogens is 542 g/mol. The van der Waals surface area contributed by atoms with Crippen LogP contribution in [0.4, 0.5) is 14.6 Å². The van der Waals surface area contributed by atoms with Crippen molar-refractivity contribution >= 4 is 34.5 Å². The summed E-state index contributed by atoms with van der Waals surface area (Å²) in [4.78, 5) is 25.8. The number of aromatic nitrogens is 4. The lowest BCUT2D eigenvalue weighted by atomic mass is 9.93. The van der Waals surface area contributed by atoms with Gasteiger partial charge in [0, 0.05) is 24.2 Å². The molecule has 1 aliphatic rings. The highest BCUT2D eigenvalue weighted by molar-refractivity contribution is 6.30. The van der Waals surface area contributed by atoms with Gasteiger partial charge in [0.1, 0.15) is 6.10 Å². The van der Waals surface area contributed by atoms with E-state index in [0.717, 1.165) is 17.7 Å². The maximum absolute atomic E-state index is 13.7. The summed E-state index contributed by atoms with van der Waals surface area (Å²) in [6.07, 6.45) is -1.30. The van der Waals surface area contributed by atoms with Gasteiger partial charge in [-0.1, -0.05) is 36.6 Å². The van der Waals surface area contributed by atoms with Crippen LogP contribution in [0.15, 0.2) is 48.8 Å². The molecular formula is C28H25ClF2N6O3. The zero-order valence-electron chi connectivity index (χ0n) is 21.5. The third-order valence-corrected chi connectivity index (χ3v) is 7.35. The molecule has 4 aromatic rings. The monoisotopic (exact) mass is 566 g/mol. The number of rotatable bonds is 7. The molecule has 0 saturated heterocycles.